The number of para-hydroxylation sites is 1. The van der Waals surface area contributed by atoms with Crippen LogP contribution in [0.1, 0.15) is 31.2 Å². The molecule has 0 aliphatic carbocycles. The predicted molar refractivity (Wildman–Crippen MR) is 66.6 cm³/mol. The highest BCUT2D eigenvalue weighted by atomic mass is 16.7. The first-order valence-corrected chi connectivity index (χ1v) is 6.45. The molecule has 1 saturated heterocycles. The minimum absolute atomic E-state index is 0.363. The number of ether oxygens (including phenoxy) is 2. The van der Waals surface area contributed by atoms with Gasteiger partial charge in [0.25, 0.3) is 0 Å². The molecule has 1 aromatic carbocycles. The molecule has 3 rings (SSSR count). The lowest BCUT2D eigenvalue weighted by Gasteiger charge is -2.29. The molecule has 3 heteroatoms. The van der Waals surface area contributed by atoms with Gasteiger partial charge in [-0.25, -0.2) is 0 Å². The van der Waals surface area contributed by atoms with Crippen molar-refractivity contribution in [3.63, 3.8) is 0 Å². The Hall–Kier alpha value is -1.22. The molecule has 1 fully saturated rings. The van der Waals surface area contributed by atoms with Crippen LogP contribution in [0, 0.1) is 5.92 Å². The zero-order valence-electron chi connectivity index (χ0n) is 10.2. The van der Waals surface area contributed by atoms with Gasteiger partial charge in [-0.1, -0.05) is 19.1 Å². The Bertz CT molecular complexity index is 399. The standard InChI is InChI=1S/C14H19NO2/c1-10(11-4-3-7-15-8-11)12-5-2-6-13-14(12)17-9-16-13/h2,5-6,10-11,15H,3-4,7-9H2,1H3. The van der Waals surface area contributed by atoms with Crippen molar-refractivity contribution in [1.82, 2.24) is 5.32 Å². The Morgan fingerprint density at radius 1 is 1.35 bits per heavy atom. The smallest absolute Gasteiger partial charge is 0.231 e. The summed E-state index contributed by atoms with van der Waals surface area (Å²) < 4.78 is 11.0. The van der Waals surface area contributed by atoms with E-state index in [9.17, 15) is 0 Å². The fourth-order valence-corrected chi connectivity index (χ4v) is 2.87. The van der Waals surface area contributed by atoms with E-state index in [2.05, 4.69) is 24.4 Å². The van der Waals surface area contributed by atoms with Gasteiger partial charge < -0.3 is 14.8 Å². The molecule has 0 saturated carbocycles. The Morgan fingerprint density at radius 2 is 2.29 bits per heavy atom. The molecule has 0 amide bonds. The first-order chi connectivity index (χ1) is 8.36. The summed E-state index contributed by atoms with van der Waals surface area (Å²) in [6.07, 6.45) is 2.58. The third kappa shape index (κ3) is 2.00. The van der Waals surface area contributed by atoms with Gasteiger partial charge in [-0.05, 0) is 43.8 Å². The average molecular weight is 233 g/mol. The van der Waals surface area contributed by atoms with Crippen LogP contribution in [-0.2, 0) is 0 Å². The Morgan fingerprint density at radius 3 is 3.12 bits per heavy atom. The summed E-state index contributed by atoms with van der Waals surface area (Å²) >= 11 is 0. The zero-order valence-corrected chi connectivity index (χ0v) is 10.2. The predicted octanol–water partition coefficient (Wildman–Crippen LogP) is 2.52. The molecule has 0 aromatic heterocycles. The SMILES string of the molecule is CC(c1cccc2c1OCO2)C1CCCNC1. The van der Waals surface area contributed by atoms with Gasteiger partial charge in [0.05, 0.1) is 0 Å². The lowest BCUT2D eigenvalue weighted by Crippen LogP contribution is -2.32. The normalized spacial score (nSPS) is 24.6. The molecule has 2 heterocycles. The van der Waals surface area contributed by atoms with Gasteiger partial charge in [0.2, 0.25) is 6.79 Å². The quantitative estimate of drug-likeness (QED) is 0.851. The van der Waals surface area contributed by atoms with Gasteiger partial charge in [0.1, 0.15) is 0 Å². The molecule has 2 atom stereocenters. The molecule has 2 aliphatic rings. The van der Waals surface area contributed by atoms with Crippen LogP contribution in [0.15, 0.2) is 18.2 Å². The van der Waals surface area contributed by atoms with E-state index in [1.54, 1.807) is 0 Å². The largest absolute Gasteiger partial charge is 0.454 e. The first-order valence-electron chi connectivity index (χ1n) is 6.45. The van der Waals surface area contributed by atoms with Crippen LogP contribution in [0.2, 0.25) is 0 Å². The van der Waals surface area contributed by atoms with Gasteiger partial charge in [0.15, 0.2) is 11.5 Å². The fourth-order valence-electron chi connectivity index (χ4n) is 2.87. The molecule has 0 radical (unpaired) electrons. The van der Waals surface area contributed by atoms with E-state index in [1.165, 1.54) is 18.4 Å². The summed E-state index contributed by atoms with van der Waals surface area (Å²) in [7, 11) is 0. The van der Waals surface area contributed by atoms with Crippen LogP contribution in [0.4, 0.5) is 0 Å². The summed E-state index contributed by atoms with van der Waals surface area (Å²) in [5.74, 6) is 3.10. The van der Waals surface area contributed by atoms with E-state index in [-0.39, 0.29) is 0 Å². The summed E-state index contributed by atoms with van der Waals surface area (Å²) in [6.45, 7) is 4.94. The summed E-state index contributed by atoms with van der Waals surface area (Å²) in [5.41, 5.74) is 1.30. The maximum Gasteiger partial charge on any atom is 0.231 e. The number of rotatable bonds is 2. The van der Waals surface area contributed by atoms with Crippen LogP contribution in [0.3, 0.4) is 0 Å². The van der Waals surface area contributed by atoms with Gasteiger partial charge in [0, 0.05) is 5.56 Å². The maximum absolute atomic E-state index is 5.60. The molecule has 1 N–H and O–H groups in total. The third-order valence-electron chi connectivity index (χ3n) is 3.96. The zero-order chi connectivity index (χ0) is 11.7. The van der Waals surface area contributed by atoms with E-state index in [0.717, 1.165) is 24.6 Å². The Labute approximate surface area is 102 Å². The molecule has 1 aromatic rings. The molecule has 92 valence electrons. The summed E-state index contributed by atoms with van der Waals surface area (Å²) in [4.78, 5) is 0. The average Bonchev–Trinajstić information content (AvgIpc) is 2.87. The molecular weight excluding hydrogens is 214 g/mol. The third-order valence-corrected chi connectivity index (χ3v) is 3.96. The lowest BCUT2D eigenvalue weighted by atomic mass is 9.82. The van der Waals surface area contributed by atoms with Gasteiger partial charge in [-0.3, -0.25) is 0 Å². The fraction of sp³-hybridized carbons (Fsp3) is 0.571. The van der Waals surface area contributed by atoms with Gasteiger partial charge >= 0.3 is 0 Å². The molecule has 0 bridgehead atoms. The Kier molecular flexibility index (Phi) is 2.93. The second-order valence-electron chi connectivity index (χ2n) is 4.98. The van der Waals surface area contributed by atoms with E-state index >= 15 is 0 Å². The number of hydrogen-bond acceptors (Lipinski definition) is 3. The van der Waals surface area contributed by atoms with Crippen molar-refractivity contribution in [3.05, 3.63) is 23.8 Å². The number of benzene rings is 1. The van der Waals surface area contributed by atoms with Crippen LogP contribution in [-0.4, -0.2) is 19.9 Å². The summed E-state index contributed by atoms with van der Waals surface area (Å²) in [5, 5.41) is 3.48. The van der Waals surface area contributed by atoms with Crippen LogP contribution in [0.25, 0.3) is 0 Å². The van der Waals surface area contributed by atoms with E-state index in [1.807, 2.05) is 6.07 Å². The number of fused-ring (bicyclic) bond motifs is 1. The monoisotopic (exact) mass is 233 g/mol. The van der Waals surface area contributed by atoms with E-state index < -0.39 is 0 Å². The topological polar surface area (TPSA) is 30.5 Å². The summed E-state index contributed by atoms with van der Waals surface area (Å²) in [6, 6.07) is 6.22. The van der Waals surface area contributed by atoms with E-state index in [4.69, 9.17) is 9.47 Å². The minimum atomic E-state index is 0.363. The van der Waals surface area contributed by atoms with Gasteiger partial charge in [-0.15, -0.1) is 0 Å². The number of hydrogen-bond donors (Lipinski definition) is 1. The molecule has 3 nitrogen and oxygen atoms in total. The van der Waals surface area contributed by atoms with Crippen molar-refractivity contribution in [1.29, 1.82) is 0 Å². The number of piperidine rings is 1. The van der Waals surface area contributed by atoms with Crippen molar-refractivity contribution in [3.8, 4) is 11.5 Å². The lowest BCUT2D eigenvalue weighted by molar-refractivity contribution is 0.172. The van der Waals surface area contributed by atoms with Crippen molar-refractivity contribution in [2.75, 3.05) is 19.9 Å². The molecular formula is C14H19NO2. The van der Waals surface area contributed by atoms with Gasteiger partial charge in [-0.2, -0.15) is 0 Å². The molecule has 0 spiro atoms. The number of nitrogens with one attached hydrogen (secondary N) is 1. The first kappa shape index (κ1) is 10.9. The van der Waals surface area contributed by atoms with Crippen molar-refractivity contribution in [2.45, 2.75) is 25.7 Å². The van der Waals surface area contributed by atoms with Crippen molar-refractivity contribution >= 4 is 0 Å². The molecule has 17 heavy (non-hydrogen) atoms. The Balaban J connectivity index is 1.85. The van der Waals surface area contributed by atoms with Crippen molar-refractivity contribution in [2.24, 2.45) is 5.92 Å². The van der Waals surface area contributed by atoms with Crippen LogP contribution < -0.4 is 14.8 Å². The van der Waals surface area contributed by atoms with Crippen LogP contribution >= 0.6 is 0 Å². The minimum Gasteiger partial charge on any atom is -0.454 e. The second-order valence-corrected chi connectivity index (χ2v) is 4.98. The van der Waals surface area contributed by atoms with E-state index in [0.29, 0.717) is 18.6 Å². The highest BCUT2D eigenvalue weighted by molar-refractivity contribution is 5.49. The molecule has 2 aliphatic heterocycles. The highest BCUT2D eigenvalue weighted by Gasteiger charge is 2.26. The van der Waals surface area contributed by atoms with Crippen molar-refractivity contribution < 1.29 is 9.47 Å². The second kappa shape index (κ2) is 4.57. The highest BCUT2D eigenvalue weighted by Crippen LogP contribution is 2.42. The maximum atomic E-state index is 5.60. The van der Waals surface area contributed by atoms with Crippen LogP contribution in [0.5, 0.6) is 11.5 Å². The molecule has 2 unspecified atom stereocenters.